The number of nitrogens with zero attached hydrogens (tertiary/aromatic N) is 4. The van der Waals surface area contributed by atoms with E-state index in [4.69, 9.17) is 4.74 Å². The fourth-order valence-electron chi connectivity index (χ4n) is 2.84. The zero-order valence-electron chi connectivity index (χ0n) is 15.3. The van der Waals surface area contributed by atoms with E-state index in [0.29, 0.717) is 5.69 Å². The van der Waals surface area contributed by atoms with Crippen LogP contribution in [0.3, 0.4) is 0 Å². The summed E-state index contributed by atoms with van der Waals surface area (Å²) in [6, 6.07) is 3.55. The number of sulfone groups is 1. The number of nitrogens with one attached hydrogen (secondary N) is 1. The minimum atomic E-state index is -3.54. The standard InChI is InChI=1S/C17H21N5O4S/c1-11-9-22(10-12(2)26-11)15-5-4-13(6-19-15)20-17(23)14-7-18-8-16(21-14)27(3,24)25/h4-8,11-12H,9-10H2,1-3H3,(H,20,23). The Hall–Kier alpha value is -2.59. The normalized spacial score (nSPS) is 20.3. The lowest BCUT2D eigenvalue weighted by atomic mass is 10.2. The molecular formula is C17H21N5O4S. The minimum Gasteiger partial charge on any atom is -0.372 e. The maximum atomic E-state index is 12.3. The van der Waals surface area contributed by atoms with Crippen LogP contribution in [0.15, 0.2) is 35.7 Å². The predicted octanol–water partition coefficient (Wildman–Crippen LogP) is 1.14. The van der Waals surface area contributed by atoms with Crippen molar-refractivity contribution in [3.05, 3.63) is 36.4 Å². The Morgan fingerprint density at radius 3 is 2.48 bits per heavy atom. The van der Waals surface area contributed by atoms with Gasteiger partial charge in [-0.1, -0.05) is 0 Å². The molecule has 0 aromatic carbocycles. The van der Waals surface area contributed by atoms with Crippen molar-refractivity contribution in [3.8, 4) is 0 Å². The van der Waals surface area contributed by atoms with Crippen LogP contribution in [0.4, 0.5) is 11.5 Å². The van der Waals surface area contributed by atoms with Gasteiger partial charge in [0.25, 0.3) is 5.91 Å². The molecule has 0 aliphatic carbocycles. The molecule has 2 aromatic rings. The number of carbonyl (C=O) groups excluding carboxylic acids is 1. The van der Waals surface area contributed by atoms with Crippen molar-refractivity contribution in [1.82, 2.24) is 15.0 Å². The lowest BCUT2D eigenvalue weighted by Crippen LogP contribution is -2.45. The molecule has 3 heterocycles. The van der Waals surface area contributed by atoms with E-state index in [1.807, 2.05) is 19.9 Å². The molecule has 2 atom stereocenters. The van der Waals surface area contributed by atoms with Crippen LogP contribution in [0.25, 0.3) is 0 Å². The first-order chi connectivity index (χ1) is 12.7. The number of hydrogen-bond donors (Lipinski definition) is 1. The van der Waals surface area contributed by atoms with E-state index in [0.717, 1.165) is 31.4 Å². The molecule has 0 saturated carbocycles. The van der Waals surface area contributed by atoms with Crippen molar-refractivity contribution in [2.24, 2.45) is 0 Å². The summed E-state index contributed by atoms with van der Waals surface area (Å²) in [7, 11) is -3.54. The summed E-state index contributed by atoms with van der Waals surface area (Å²) in [5, 5.41) is 2.39. The second-order valence-corrected chi connectivity index (χ2v) is 8.50. The van der Waals surface area contributed by atoms with Gasteiger partial charge in [0.2, 0.25) is 0 Å². The summed E-state index contributed by atoms with van der Waals surface area (Å²) < 4.78 is 28.8. The largest absolute Gasteiger partial charge is 0.372 e. The number of rotatable bonds is 4. The first-order valence-corrected chi connectivity index (χ1v) is 10.3. The van der Waals surface area contributed by atoms with E-state index >= 15 is 0 Å². The topological polar surface area (TPSA) is 114 Å². The number of anilines is 2. The molecule has 9 nitrogen and oxygen atoms in total. The molecule has 0 spiro atoms. The van der Waals surface area contributed by atoms with E-state index in [1.165, 1.54) is 6.20 Å². The maximum absolute atomic E-state index is 12.3. The molecule has 1 aliphatic rings. The third-order valence-corrected chi connectivity index (χ3v) is 4.93. The summed E-state index contributed by atoms with van der Waals surface area (Å²) in [6.45, 7) is 5.53. The Bertz CT molecular complexity index is 923. The third kappa shape index (κ3) is 4.77. The molecule has 3 rings (SSSR count). The summed E-state index contributed by atoms with van der Waals surface area (Å²) in [6.07, 6.45) is 5.11. The molecule has 144 valence electrons. The molecule has 1 saturated heterocycles. The van der Waals surface area contributed by atoms with Crippen molar-refractivity contribution in [1.29, 1.82) is 0 Å². The number of morpholine rings is 1. The summed E-state index contributed by atoms with van der Waals surface area (Å²) in [5.41, 5.74) is 0.391. The summed E-state index contributed by atoms with van der Waals surface area (Å²) in [5.74, 6) is 0.241. The Morgan fingerprint density at radius 1 is 1.19 bits per heavy atom. The lowest BCUT2D eigenvalue weighted by Gasteiger charge is -2.36. The molecular weight excluding hydrogens is 370 g/mol. The monoisotopic (exact) mass is 391 g/mol. The van der Waals surface area contributed by atoms with Gasteiger partial charge in [-0.25, -0.2) is 18.4 Å². The zero-order valence-corrected chi connectivity index (χ0v) is 16.1. The number of pyridine rings is 1. The Balaban J connectivity index is 1.70. The first-order valence-electron chi connectivity index (χ1n) is 8.42. The van der Waals surface area contributed by atoms with Crippen LogP contribution < -0.4 is 10.2 Å². The van der Waals surface area contributed by atoms with Crippen molar-refractivity contribution in [2.45, 2.75) is 31.1 Å². The van der Waals surface area contributed by atoms with Gasteiger partial charge in [0.05, 0.1) is 36.5 Å². The molecule has 1 amide bonds. The van der Waals surface area contributed by atoms with Crippen LogP contribution in [-0.4, -0.2) is 60.8 Å². The molecule has 1 N–H and O–H groups in total. The van der Waals surface area contributed by atoms with E-state index < -0.39 is 15.7 Å². The summed E-state index contributed by atoms with van der Waals surface area (Å²) in [4.78, 5) is 26.4. The van der Waals surface area contributed by atoms with E-state index in [9.17, 15) is 13.2 Å². The second-order valence-electron chi connectivity index (χ2n) is 6.54. The molecule has 2 unspecified atom stereocenters. The fraction of sp³-hybridized carbons (Fsp3) is 0.412. The average Bonchev–Trinajstić information content (AvgIpc) is 2.61. The van der Waals surface area contributed by atoms with Crippen molar-refractivity contribution < 1.29 is 17.9 Å². The maximum Gasteiger partial charge on any atom is 0.275 e. The smallest absolute Gasteiger partial charge is 0.275 e. The number of aromatic nitrogens is 3. The highest BCUT2D eigenvalue weighted by atomic mass is 32.2. The van der Waals surface area contributed by atoms with Gasteiger partial charge >= 0.3 is 0 Å². The van der Waals surface area contributed by atoms with Crippen LogP contribution in [0.1, 0.15) is 24.3 Å². The van der Waals surface area contributed by atoms with Gasteiger partial charge < -0.3 is 15.0 Å². The molecule has 1 aliphatic heterocycles. The van der Waals surface area contributed by atoms with Gasteiger partial charge in [0.15, 0.2) is 14.9 Å². The number of amides is 1. The van der Waals surface area contributed by atoms with Crippen LogP contribution in [0, 0.1) is 0 Å². The van der Waals surface area contributed by atoms with Crippen molar-refractivity contribution in [2.75, 3.05) is 29.6 Å². The zero-order chi connectivity index (χ0) is 19.6. The molecule has 0 bridgehead atoms. The predicted molar refractivity (Wildman–Crippen MR) is 99.6 cm³/mol. The van der Waals surface area contributed by atoms with Gasteiger partial charge in [0, 0.05) is 19.3 Å². The Kier molecular flexibility index (Phi) is 5.38. The van der Waals surface area contributed by atoms with Crippen LogP contribution in [0.5, 0.6) is 0 Å². The highest BCUT2D eigenvalue weighted by Gasteiger charge is 2.23. The molecule has 0 radical (unpaired) electrons. The van der Waals surface area contributed by atoms with Crippen molar-refractivity contribution in [3.63, 3.8) is 0 Å². The Morgan fingerprint density at radius 2 is 1.89 bits per heavy atom. The average molecular weight is 391 g/mol. The van der Waals surface area contributed by atoms with E-state index in [-0.39, 0.29) is 22.9 Å². The third-order valence-electron chi connectivity index (χ3n) is 3.97. The molecule has 27 heavy (non-hydrogen) atoms. The van der Waals surface area contributed by atoms with E-state index in [2.05, 4.69) is 25.2 Å². The van der Waals surface area contributed by atoms with Crippen molar-refractivity contribution >= 4 is 27.2 Å². The fourth-order valence-corrected chi connectivity index (χ4v) is 3.36. The highest BCUT2D eigenvalue weighted by Crippen LogP contribution is 2.20. The van der Waals surface area contributed by atoms with Crippen LogP contribution in [0.2, 0.25) is 0 Å². The van der Waals surface area contributed by atoms with Gasteiger partial charge in [-0.3, -0.25) is 9.78 Å². The quantitative estimate of drug-likeness (QED) is 0.825. The molecule has 2 aromatic heterocycles. The number of ether oxygens (including phenoxy) is 1. The summed E-state index contributed by atoms with van der Waals surface area (Å²) >= 11 is 0. The molecule has 10 heteroatoms. The SMILES string of the molecule is CC1CN(c2ccc(NC(=O)c3cncc(S(C)(=O)=O)n3)cn2)CC(C)O1. The van der Waals surface area contributed by atoms with E-state index in [1.54, 1.807) is 12.3 Å². The van der Waals surface area contributed by atoms with Crippen LogP contribution >= 0.6 is 0 Å². The van der Waals surface area contributed by atoms with Gasteiger partial charge in [-0.05, 0) is 26.0 Å². The molecule has 1 fully saturated rings. The second kappa shape index (κ2) is 7.57. The Labute approximate surface area is 157 Å². The first kappa shape index (κ1) is 19.2. The van der Waals surface area contributed by atoms with Gasteiger partial charge in [0.1, 0.15) is 11.5 Å². The highest BCUT2D eigenvalue weighted by molar-refractivity contribution is 7.90. The minimum absolute atomic E-state index is 0.0853. The lowest BCUT2D eigenvalue weighted by molar-refractivity contribution is -0.00545. The van der Waals surface area contributed by atoms with Gasteiger partial charge in [-0.2, -0.15) is 0 Å². The number of carbonyl (C=O) groups is 1. The van der Waals surface area contributed by atoms with Crippen LogP contribution in [-0.2, 0) is 14.6 Å². The van der Waals surface area contributed by atoms with Gasteiger partial charge in [-0.15, -0.1) is 0 Å². The number of hydrogen-bond acceptors (Lipinski definition) is 8.